The van der Waals surface area contributed by atoms with Gasteiger partial charge < -0.3 is 9.47 Å². The van der Waals surface area contributed by atoms with E-state index in [9.17, 15) is 10.1 Å². The first-order valence-electron chi connectivity index (χ1n) is 9.49. The van der Waals surface area contributed by atoms with Gasteiger partial charge in [0.1, 0.15) is 0 Å². The molecule has 2 aromatic heterocycles. The number of benzene rings is 2. The van der Waals surface area contributed by atoms with Crippen molar-refractivity contribution < 1.29 is 14.4 Å². The van der Waals surface area contributed by atoms with Crippen molar-refractivity contribution in [2.24, 2.45) is 0 Å². The second-order valence-electron chi connectivity index (χ2n) is 6.73. The van der Waals surface area contributed by atoms with E-state index in [0.717, 1.165) is 16.8 Å². The lowest BCUT2D eigenvalue weighted by molar-refractivity contribution is -0.386. The number of rotatable bonds is 8. The zero-order chi connectivity index (χ0) is 21.6. The smallest absolute Gasteiger partial charge is 0.311 e. The predicted molar refractivity (Wildman–Crippen MR) is 113 cm³/mol. The van der Waals surface area contributed by atoms with E-state index in [0.29, 0.717) is 23.8 Å². The summed E-state index contributed by atoms with van der Waals surface area (Å²) in [7, 11) is 0. The molecule has 1 N–H and O–H groups in total. The number of nitrogens with zero attached hydrogens (tertiary/aromatic N) is 4. The molecule has 0 saturated heterocycles. The highest BCUT2D eigenvalue weighted by molar-refractivity contribution is 5.66. The molecule has 0 aliphatic heterocycles. The SMILES string of the molecule is Cc1cc(-c2nc(-c3ccc(OCOCc4ccccc4)c([N+](=O)[O-])c3)n[nH]2)ccn1. The van der Waals surface area contributed by atoms with Gasteiger partial charge in [0.15, 0.2) is 24.2 Å². The summed E-state index contributed by atoms with van der Waals surface area (Å²) in [6.07, 6.45) is 1.68. The van der Waals surface area contributed by atoms with Gasteiger partial charge in [0.05, 0.1) is 11.5 Å². The molecule has 0 fully saturated rings. The summed E-state index contributed by atoms with van der Waals surface area (Å²) < 4.78 is 10.9. The number of nitrogens with one attached hydrogen (secondary N) is 1. The van der Waals surface area contributed by atoms with Gasteiger partial charge in [-0.1, -0.05) is 30.3 Å². The Labute approximate surface area is 177 Å². The predicted octanol–water partition coefficient (Wildman–Crippen LogP) is 4.30. The number of pyridine rings is 1. The molecule has 4 aromatic rings. The minimum Gasteiger partial charge on any atom is -0.460 e. The summed E-state index contributed by atoms with van der Waals surface area (Å²) in [5.74, 6) is 1.01. The Bertz CT molecular complexity index is 1190. The van der Waals surface area contributed by atoms with Crippen molar-refractivity contribution in [2.45, 2.75) is 13.5 Å². The maximum Gasteiger partial charge on any atom is 0.311 e. The Kier molecular flexibility index (Phi) is 5.95. The van der Waals surface area contributed by atoms with Crippen LogP contribution in [0.4, 0.5) is 5.69 Å². The van der Waals surface area contributed by atoms with Crippen LogP contribution < -0.4 is 4.74 Å². The largest absolute Gasteiger partial charge is 0.460 e. The average Bonchev–Trinajstić information content (AvgIpc) is 3.28. The van der Waals surface area contributed by atoms with E-state index < -0.39 is 4.92 Å². The molecule has 4 rings (SSSR count). The Morgan fingerprint density at radius 3 is 2.68 bits per heavy atom. The zero-order valence-corrected chi connectivity index (χ0v) is 16.7. The topological polar surface area (TPSA) is 116 Å². The summed E-state index contributed by atoms with van der Waals surface area (Å²) >= 11 is 0. The number of H-pyrrole nitrogens is 1. The molecule has 0 spiro atoms. The second kappa shape index (κ2) is 9.14. The van der Waals surface area contributed by atoms with Gasteiger partial charge in [-0.3, -0.25) is 20.2 Å². The first-order chi connectivity index (χ1) is 15.1. The van der Waals surface area contributed by atoms with Gasteiger partial charge >= 0.3 is 5.69 Å². The highest BCUT2D eigenvalue weighted by atomic mass is 16.7. The Morgan fingerprint density at radius 2 is 1.90 bits per heavy atom. The first-order valence-corrected chi connectivity index (χ1v) is 9.49. The van der Waals surface area contributed by atoms with Gasteiger partial charge in [0, 0.05) is 29.1 Å². The lowest BCUT2D eigenvalue weighted by Gasteiger charge is -2.08. The summed E-state index contributed by atoms with van der Waals surface area (Å²) in [6, 6.07) is 17.9. The molecular weight excluding hydrogens is 398 g/mol. The van der Waals surface area contributed by atoms with E-state index in [1.54, 1.807) is 12.3 Å². The Balaban J connectivity index is 1.48. The van der Waals surface area contributed by atoms with Crippen molar-refractivity contribution in [2.75, 3.05) is 6.79 Å². The molecule has 0 bridgehead atoms. The summed E-state index contributed by atoms with van der Waals surface area (Å²) in [5.41, 5.74) is 2.98. The van der Waals surface area contributed by atoms with E-state index in [4.69, 9.17) is 9.47 Å². The molecule has 9 nitrogen and oxygen atoms in total. The molecule has 0 unspecified atom stereocenters. The van der Waals surface area contributed by atoms with Crippen LogP contribution in [-0.4, -0.2) is 31.9 Å². The van der Waals surface area contributed by atoms with E-state index in [2.05, 4.69) is 20.2 Å². The van der Waals surface area contributed by atoms with Crippen molar-refractivity contribution in [3.8, 4) is 28.5 Å². The minimum absolute atomic E-state index is 0.110. The van der Waals surface area contributed by atoms with Crippen LogP contribution in [0.25, 0.3) is 22.8 Å². The van der Waals surface area contributed by atoms with E-state index in [1.807, 2.05) is 49.4 Å². The number of nitro groups is 1. The van der Waals surface area contributed by atoms with Crippen LogP contribution in [0, 0.1) is 17.0 Å². The Morgan fingerprint density at radius 1 is 1.06 bits per heavy atom. The molecule has 2 aromatic carbocycles. The fraction of sp³-hybridized carbons (Fsp3) is 0.136. The zero-order valence-electron chi connectivity index (χ0n) is 16.7. The highest BCUT2D eigenvalue weighted by Gasteiger charge is 2.19. The maximum absolute atomic E-state index is 11.6. The molecule has 2 heterocycles. The quantitative estimate of drug-likeness (QED) is 0.197. The molecule has 0 radical (unpaired) electrons. The summed E-state index contributed by atoms with van der Waals surface area (Å²) in [6.45, 7) is 2.12. The third-order valence-electron chi connectivity index (χ3n) is 4.48. The molecule has 0 aliphatic rings. The molecule has 0 amide bonds. The normalized spacial score (nSPS) is 10.7. The number of hydrogen-bond acceptors (Lipinski definition) is 7. The van der Waals surface area contributed by atoms with E-state index >= 15 is 0 Å². The number of aromatic nitrogens is 4. The van der Waals surface area contributed by atoms with Gasteiger partial charge in [-0.25, -0.2) is 4.98 Å². The van der Waals surface area contributed by atoms with Crippen molar-refractivity contribution in [3.05, 3.63) is 88.2 Å². The van der Waals surface area contributed by atoms with Gasteiger partial charge in [0.2, 0.25) is 0 Å². The van der Waals surface area contributed by atoms with Crippen molar-refractivity contribution >= 4 is 5.69 Å². The highest BCUT2D eigenvalue weighted by Crippen LogP contribution is 2.32. The van der Waals surface area contributed by atoms with E-state index in [-0.39, 0.29) is 18.2 Å². The van der Waals surface area contributed by atoms with Gasteiger partial charge in [-0.2, -0.15) is 5.10 Å². The molecule has 156 valence electrons. The van der Waals surface area contributed by atoms with Crippen molar-refractivity contribution in [3.63, 3.8) is 0 Å². The third kappa shape index (κ3) is 4.90. The number of aromatic amines is 1. The van der Waals surface area contributed by atoms with Crippen LogP contribution in [-0.2, 0) is 11.3 Å². The third-order valence-corrected chi connectivity index (χ3v) is 4.48. The van der Waals surface area contributed by atoms with Gasteiger partial charge in [0.25, 0.3) is 0 Å². The fourth-order valence-corrected chi connectivity index (χ4v) is 2.97. The second-order valence-corrected chi connectivity index (χ2v) is 6.73. The maximum atomic E-state index is 11.6. The van der Waals surface area contributed by atoms with Crippen LogP contribution in [0.15, 0.2) is 66.9 Å². The van der Waals surface area contributed by atoms with Crippen molar-refractivity contribution in [1.82, 2.24) is 20.2 Å². The standard InChI is InChI=1S/C22H19N5O4/c1-15-11-18(9-10-23-15)22-24-21(25-26-22)17-7-8-20(19(12-17)27(28)29)31-14-30-13-16-5-3-2-4-6-16/h2-12H,13-14H2,1H3,(H,24,25,26). The van der Waals surface area contributed by atoms with Crippen molar-refractivity contribution in [1.29, 1.82) is 0 Å². The lowest BCUT2D eigenvalue weighted by atomic mass is 10.1. The van der Waals surface area contributed by atoms with Crippen LogP contribution >= 0.6 is 0 Å². The number of nitro benzene ring substituents is 1. The number of ether oxygens (including phenoxy) is 2. The van der Waals surface area contributed by atoms with Crippen LogP contribution in [0.5, 0.6) is 5.75 Å². The average molecular weight is 417 g/mol. The molecule has 0 saturated carbocycles. The molecule has 0 aliphatic carbocycles. The van der Waals surface area contributed by atoms with E-state index in [1.165, 1.54) is 12.1 Å². The minimum atomic E-state index is -0.504. The number of hydrogen-bond donors (Lipinski definition) is 1. The van der Waals surface area contributed by atoms with Crippen LogP contribution in [0.1, 0.15) is 11.3 Å². The molecule has 0 atom stereocenters. The van der Waals surface area contributed by atoms with Crippen LogP contribution in [0.3, 0.4) is 0 Å². The fourth-order valence-electron chi connectivity index (χ4n) is 2.97. The van der Waals surface area contributed by atoms with Gasteiger partial charge in [-0.15, -0.1) is 0 Å². The van der Waals surface area contributed by atoms with Gasteiger partial charge in [-0.05, 0) is 36.8 Å². The lowest BCUT2D eigenvalue weighted by Crippen LogP contribution is -2.05. The monoisotopic (exact) mass is 417 g/mol. The summed E-state index contributed by atoms with van der Waals surface area (Å²) in [4.78, 5) is 19.7. The van der Waals surface area contributed by atoms with Crippen LogP contribution in [0.2, 0.25) is 0 Å². The number of aryl methyl sites for hydroxylation is 1. The molecule has 31 heavy (non-hydrogen) atoms. The molecule has 9 heteroatoms. The molecular formula is C22H19N5O4. The Hall–Kier alpha value is -4.11. The summed E-state index contributed by atoms with van der Waals surface area (Å²) in [5, 5.41) is 18.6. The first kappa shape index (κ1) is 20.2.